The van der Waals surface area contributed by atoms with Gasteiger partial charge in [-0.25, -0.2) is 0 Å². The molecule has 4 heteroatoms. The molecule has 2 N–H and O–H groups in total. The number of aliphatic hydroxyl groups excluding tert-OH is 1. The Hall–Kier alpha value is -1.26. The SMILES string of the molecule is COc1ccc(C(C)NCC2(CO)CCCC2)cc1OC. The van der Waals surface area contributed by atoms with E-state index >= 15 is 0 Å². The molecule has 1 unspecified atom stereocenters. The number of aliphatic hydroxyl groups is 1. The lowest BCUT2D eigenvalue weighted by molar-refractivity contribution is 0.125. The fraction of sp³-hybridized carbons (Fsp3) is 0.647. The minimum Gasteiger partial charge on any atom is -0.493 e. The van der Waals surface area contributed by atoms with E-state index in [1.54, 1.807) is 14.2 Å². The first-order valence-corrected chi connectivity index (χ1v) is 7.70. The summed E-state index contributed by atoms with van der Waals surface area (Å²) in [6.07, 6.45) is 4.70. The van der Waals surface area contributed by atoms with E-state index in [0.717, 1.165) is 30.9 Å². The van der Waals surface area contributed by atoms with Gasteiger partial charge in [0.15, 0.2) is 11.5 Å². The summed E-state index contributed by atoms with van der Waals surface area (Å²) in [4.78, 5) is 0. The van der Waals surface area contributed by atoms with Gasteiger partial charge in [-0.15, -0.1) is 0 Å². The molecule has 1 aliphatic rings. The second-order valence-corrected chi connectivity index (χ2v) is 6.08. The number of nitrogens with one attached hydrogen (secondary N) is 1. The van der Waals surface area contributed by atoms with Crippen LogP contribution in [0.4, 0.5) is 0 Å². The second-order valence-electron chi connectivity index (χ2n) is 6.08. The van der Waals surface area contributed by atoms with Crippen molar-refractivity contribution < 1.29 is 14.6 Å². The van der Waals surface area contributed by atoms with Crippen LogP contribution in [0.25, 0.3) is 0 Å². The Morgan fingerprint density at radius 1 is 1.19 bits per heavy atom. The van der Waals surface area contributed by atoms with Gasteiger partial charge in [0.1, 0.15) is 0 Å². The zero-order valence-corrected chi connectivity index (χ0v) is 13.3. The molecule has 0 aromatic heterocycles. The van der Waals surface area contributed by atoms with Crippen molar-refractivity contribution in [3.63, 3.8) is 0 Å². The standard InChI is InChI=1S/C17H27NO3/c1-13(18-11-17(12-19)8-4-5-9-17)14-6-7-15(20-2)16(10-14)21-3/h6-7,10,13,18-19H,4-5,8-9,11-12H2,1-3H3. The van der Waals surface area contributed by atoms with Gasteiger partial charge >= 0.3 is 0 Å². The summed E-state index contributed by atoms with van der Waals surface area (Å²) in [6, 6.07) is 6.22. The third-order valence-electron chi connectivity index (χ3n) is 4.69. The van der Waals surface area contributed by atoms with Crippen LogP contribution in [0, 0.1) is 5.41 Å². The van der Waals surface area contributed by atoms with E-state index in [4.69, 9.17) is 9.47 Å². The smallest absolute Gasteiger partial charge is 0.161 e. The van der Waals surface area contributed by atoms with Crippen LogP contribution in [-0.2, 0) is 0 Å². The minimum atomic E-state index is 0.0742. The van der Waals surface area contributed by atoms with Crippen molar-refractivity contribution in [3.05, 3.63) is 23.8 Å². The maximum atomic E-state index is 9.67. The molecule has 21 heavy (non-hydrogen) atoms. The lowest BCUT2D eigenvalue weighted by Crippen LogP contribution is -2.36. The lowest BCUT2D eigenvalue weighted by atomic mass is 9.87. The fourth-order valence-corrected chi connectivity index (χ4v) is 3.13. The average molecular weight is 293 g/mol. The molecule has 0 spiro atoms. The average Bonchev–Trinajstić information content (AvgIpc) is 3.01. The quantitative estimate of drug-likeness (QED) is 0.811. The van der Waals surface area contributed by atoms with E-state index in [1.165, 1.54) is 18.4 Å². The molecule has 0 heterocycles. The Kier molecular flexibility index (Phi) is 5.48. The topological polar surface area (TPSA) is 50.7 Å². The summed E-state index contributed by atoms with van der Waals surface area (Å²) in [5.74, 6) is 1.50. The van der Waals surface area contributed by atoms with Gasteiger partial charge < -0.3 is 19.9 Å². The first-order chi connectivity index (χ1) is 10.1. The number of methoxy groups -OCH3 is 2. The Morgan fingerprint density at radius 3 is 2.43 bits per heavy atom. The van der Waals surface area contributed by atoms with Crippen molar-refractivity contribution in [2.75, 3.05) is 27.4 Å². The molecule has 0 saturated heterocycles. The molecule has 1 saturated carbocycles. The van der Waals surface area contributed by atoms with Gasteiger partial charge in [-0.05, 0) is 37.5 Å². The maximum absolute atomic E-state index is 9.67. The minimum absolute atomic E-state index is 0.0742. The van der Waals surface area contributed by atoms with Gasteiger partial charge in [0.25, 0.3) is 0 Å². The van der Waals surface area contributed by atoms with E-state index in [1.807, 2.05) is 12.1 Å². The molecule has 0 radical (unpaired) electrons. The predicted octanol–water partition coefficient (Wildman–Crippen LogP) is 2.91. The van der Waals surface area contributed by atoms with Crippen molar-refractivity contribution >= 4 is 0 Å². The molecular weight excluding hydrogens is 266 g/mol. The van der Waals surface area contributed by atoms with Crippen LogP contribution in [0.1, 0.15) is 44.2 Å². The van der Waals surface area contributed by atoms with Gasteiger partial charge in [-0.3, -0.25) is 0 Å². The summed E-state index contributed by atoms with van der Waals surface area (Å²) in [7, 11) is 3.29. The normalized spacial score (nSPS) is 18.5. The first kappa shape index (κ1) is 16.1. The zero-order chi connectivity index (χ0) is 15.3. The number of hydrogen-bond acceptors (Lipinski definition) is 4. The van der Waals surface area contributed by atoms with Crippen molar-refractivity contribution in [2.24, 2.45) is 5.41 Å². The molecule has 1 aliphatic carbocycles. The number of hydrogen-bond donors (Lipinski definition) is 2. The van der Waals surface area contributed by atoms with Gasteiger partial charge in [0.05, 0.1) is 14.2 Å². The highest BCUT2D eigenvalue weighted by Gasteiger charge is 2.33. The van der Waals surface area contributed by atoms with E-state index in [9.17, 15) is 5.11 Å². The third-order valence-corrected chi connectivity index (χ3v) is 4.69. The molecule has 2 rings (SSSR count). The van der Waals surface area contributed by atoms with Crippen molar-refractivity contribution in [2.45, 2.75) is 38.6 Å². The summed E-state index contributed by atoms with van der Waals surface area (Å²) < 4.78 is 10.6. The van der Waals surface area contributed by atoms with Gasteiger partial charge in [-0.1, -0.05) is 18.9 Å². The van der Waals surface area contributed by atoms with Crippen molar-refractivity contribution in [1.82, 2.24) is 5.32 Å². The van der Waals surface area contributed by atoms with Crippen LogP contribution >= 0.6 is 0 Å². The Balaban J connectivity index is 2.01. The summed E-state index contributed by atoms with van der Waals surface area (Å²) in [5, 5.41) is 13.2. The molecule has 0 amide bonds. The summed E-state index contributed by atoms with van der Waals surface area (Å²) in [6.45, 7) is 3.28. The van der Waals surface area contributed by atoms with Gasteiger partial charge in [0, 0.05) is 24.6 Å². The monoisotopic (exact) mass is 293 g/mol. The Labute approximate surface area is 127 Å². The molecule has 4 nitrogen and oxygen atoms in total. The second kappa shape index (κ2) is 7.14. The molecule has 0 bridgehead atoms. The van der Waals surface area contributed by atoms with Crippen LogP contribution < -0.4 is 14.8 Å². The number of benzene rings is 1. The largest absolute Gasteiger partial charge is 0.493 e. The molecule has 0 aliphatic heterocycles. The molecule has 1 aromatic carbocycles. The molecular formula is C17H27NO3. The van der Waals surface area contributed by atoms with Crippen LogP contribution in [0.2, 0.25) is 0 Å². The Morgan fingerprint density at radius 2 is 1.86 bits per heavy atom. The summed E-state index contributed by atoms with van der Waals surface area (Å²) in [5.41, 5.74) is 1.24. The van der Waals surface area contributed by atoms with Crippen molar-refractivity contribution in [1.29, 1.82) is 0 Å². The van der Waals surface area contributed by atoms with E-state index < -0.39 is 0 Å². The molecule has 118 valence electrons. The van der Waals surface area contributed by atoms with Gasteiger partial charge in [-0.2, -0.15) is 0 Å². The highest BCUT2D eigenvalue weighted by Crippen LogP contribution is 2.37. The van der Waals surface area contributed by atoms with Crippen LogP contribution in [0.15, 0.2) is 18.2 Å². The Bertz CT molecular complexity index is 455. The van der Waals surface area contributed by atoms with Crippen LogP contribution in [0.3, 0.4) is 0 Å². The highest BCUT2D eigenvalue weighted by molar-refractivity contribution is 5.43. The molecule has 1 aromatic rings. The van der Waals surface area contributed by atoms with Crippen LogP contribution in [-0.4, -0.2) is 32.5 Å². The van der Waals surface area contributed by atoms with E-state index in [0.29, 0.717) is 0 Å². The van der Waals surface area contributed by atoms with E-state index in [2.05, 4.69) is 18.3 Å². The molecule has 1 fully saturated rings. The highest BCUT2D eigenvalue weighted by atomic mass is 16.5. The fourth-order valence-electron chi connectivity index (χ4n) is 3.13. The number of ether oxygens (including phenoxy) is 2. The van der Waals surface area contributed by atoms with E-state index in [-0.39, 0.29) is 18.1 Å². The predicted molar refractivity (Wildman–Crippen MR) is 84.0 cm³/mol. The zero-order valence-electron chi connectivity index (χ0n) is 13.3. The number of rotatable bonds is 7. The maximum Gasteiger partial charge on any atom is 0.161 e. The van der Waals surface area contributed by atoms with Gasteiger partial charge in [0.2, 0.25) is 0 Å². The van der Waals surface area contributed by atoms with Crippen LogP contribution in [0.5, 0.6) is 11.5 Å². The summed E-state index contributed by atoms with van der Waals surface area (Å²) >= 11 is 0. The first-order valence-electron chi connectivity index (χ1n) is 7.70. The van der Waals surface area contributed by atoms with Crippen molar-refractivity contribution in [3.8, 4) is 11.5 Å². The third kappa shape index (κ3) is 3.69. The lowest BCUT2D eigenvalue weighted by Gasteiger charge is -2.29. The molecule has 1 atom stereocenters.